The molecule has 0 unspecified atom stereocenters. The number of rotatable bonds is 16. The molecule has 0 fully saturated rings. The summed E-state index contributed by atoms with van der Waals surface area (Å²) in [6.45, 7) is 8.89. The molecule has 16 aromatic rings. The summed E-state index contributed by atoms with van der Waals surface area (Å²) in [4.78, 5) is 0. The molecule has 92 heavy (non-hydrogen) atoms. The number of unbranched alkanes of at least 4 members (excludes halogenated alkanes) is 8. The summed E-state index contributed by atoms with van der Waals surface area (Å²) in [6, 6.07) is 100. The molecule has 0 spiro atoms. The van der Waals surface area contributed by atoms with E-state index in [1.807, 2.05) is 0 Å². The van der Waals surface area contributed by atoms with Crippen molar-refractivity contribution in [1.82, 2.24) is 0 Å². The van der Waals surface area contributed by atoms with Crippen molar-refractivity contribution >= 4 is 117 Å². The fourth-order valence-electron chi connectivity index (χ4n) is 15.0. The fourth-order valence-corrected chi connectivity index (χ4v) is 15.0. The van der Waals surface area contributed by atoms with E-state index in [0.717, 1.165) is 22.4 Å². The van der Waals surface area contributed by atoms with Gasteiger partial charge in [-0.05, 0) is 146 Å². The molecular weight excluding hydrogens is 1200 g/mol. The van der Waals surface area contributed by atoms with Crippen molar-refractivity contribution < 1.29 is 26.2 Å². The van der Waals surface area contributed by atoms with Crippen LogP contribution in [0.4, 0.5) is 0 Å². The van der Waals surface area contributed by atoms with Crippen molar-refractivity contribution in [3.63, 3.8) is 0 Å². The molecular formula is C90H80SiZr. The van der Waals surface area contributed by atoms with Crippen LogP contribution in [0.3, 0.4) is 0 Å². The molecule has 2 heteroatoms. The number of hydrogen-bond acceptors (Lipinski definition) is 0. The number of benzene rings is 14. The van der Waals surface area contributed by atoms with Gasteiger partial charge in [0.05, 0.1) is 0 Å². The third-order valence-corrected chi connectivity index (χ3v) is 19.2. The Labute approximate surface area is 565 Å². The number of aryl methyl sites for hydroxylation is 2. The summed E-state index contributed by atoms with van der Waals surface area (Å²) in [5.41, 5.74) is 13.6. The predicted octanol–water partition coefficient (Wildman–Crippen LogP) is 26.8. The second kappa shape index (κ2) is 28.6. The summed E-state index contributed by atoms with van der Waals surface area (Å²) < 4.78 is 0. The molecule has 0 saturated heterocycles. The van der Waals surface area contributed by atoms with Gasteiger partial charge in [0.1, 0.15) is 0 Å². The monoisotopic (exact) mass is 1280 g/mol. The second-order valence-electron chi connectivity index (χ2n) is 25.3. The molecule has 0 bridgehead atoms. The van der Waals surface area contributed by atoms with Gasteiger partial charge in [-0.15, -0.1) is 44.8 Å². The van der Waals surface area contributed by atoms with Gasteiger partial charge in [-0.25, -0.2) is 0 Å². The van der Waals surface area contributed by atoms with E-state index >= 15 is 0 Å². The van der Waals surface area contributed by atoms with Crippen molar-refractivity contribution in [1.29, 1.82) is 0 Å². The van der Waals surface area contributed by atoms with E-state index in [0.29, 0.717) is 0 Å². The first kappa shape index (κ1) is 62.3. The van der Waals surface area contributed by atoms with E-state index in [-0.39, 0.29) is 26.2 Å². The summed E-state index contributed by atoms with van der Waals surface area (Å²) in [5.74, 6) is 0. The Morgan fingerprint density at radius 3 is 0.717 bits per heavy atom. The van der Waals surface area contributed by atoms with Crippen molar-refractivity contribution in [2.75, 3.05) is 0 Å². The van der Waals surface area contributed by atoms with E-state index in [1.54, 1.807) is 0 Å². The minimum atomic E-state index is 0. The molecule has 0 heterocycles. The zero-order valence-electron chi connectivity index (χ0n) is 53.9. The maximum absolute atomic E-state index is 2.51. The topological polar surface area (TPSA) is 0 Å². The van der Waals surface area contributed by atoms with Crippen LogP contribution in [0, 0.1) is 0 Å². The van der Waals surface area contributed by atoms with Gasteiger partial charge in [-0.1, -0.05) is 332 Å². The molecule has 0 aliphatic carbocycles. The molecule has 0 aliphatic rings. The summed E-state index contributed by atoms with van der Waals surface area (Å²) >= 11 is 0. The van der Waals surface area contributed by atoms with Gasteiger partial charge in [-0.2, -0.15) is 12.1 Å². The predicted molar refractivity (Wildman–Crippen MR) is 403 cm³/mol. The molecule has 2 radical (unpaired) electrons. The van der Waals surface area contributed by atoms with Crippen LogP contribution in [0.1, 0.15) is 89.2 Å². The first-order valence-corrected chi connectivity index (χ1v) is 35.7. The molecule has 16 aromatic carbocycles. The number of hydrogen-bond donors (Lipinski definition) is 0. The largest absolute Gasteiger partial charge is 2.00 e. The van der Waals surface area contributed by atoms with Crippen LogP contribution < -0.4 is 0 Å². The maximum Gasteiger partial charge on any atom is 2.00 e. The average molecular weight is 1280 g/mol. The van der Waals surface area contributed by atoms with E-state index in [4.69, 9.17) is 0 Å². The van der Waals surface area contributed by atoms with Crippen LogP contribution in [-0.2, 0) is 39.0 Å². The third-order valence-electron chi connectivity index (χ3n) is 19.2. The van der Waals surface area contributed by atoms with Gasteiger partial charge in [0.15, 0.2) is 0 Å². The molecule has 0 N–H and O–H groups in total. The van der Waals surface area contributed by atoms with E-state index in [2.05, 4.69) is 294 Å². The molecule has 0 aromatic heterocycles. The Balaban J connectivity index is 0.000000160. The van der Waals surface area contributed by atoms with Gasteiger partial charge in [-0.3, -0.25) is 0 Å². The first-order valence-electron chi connectivity index (χ1n) is 33.7. The second-order valence-corrected chi connectivity index (χ2v) is 26.3. The molecule has 0 nitrogen and oxygen atoms in total. The molecule has 0 aliphatic heterocycles. The van der Waals surface area contributed by atoms with Crippen LogP contribution in [0.5, 0.6) is 0 Å². The smallest absolute Gasteiger partial charge is 0.164 e. The van der Waals surface area contributed by atoms with Gasteiger partial charge < -0.3 is 0 Å². The van der Waals surface area contributed by atoms with Crippen molar-refractivity contribution in [3.8, 4) is 44.5 Å². The van der Waals surface area contributed by atoms with Crippen LogP contribution in [0.25, 0.3) is 152 Å². The average Bonchev–Trinajstić information content (AvgIpc) is 1.29. The van der Waals surface area contributed by atoms with Crippen LogP contribution in [0.15, 0.2) is 267 Å². The van der Waals surface area contributed by atoms with Crippen LogP contribution in [0.2, 0.25) is 13.1 Å². The van der Waals surface area contributed by atoms with Crippen molar-refractivity contribution in [2.24, 2.45) is 0 Å². The molecule has 16 rings (SSSR count). The Morgan fingerprint density at radius 1 is 0.250 bits per heavy atom. The van der Waals surface area contributed by atoms with Gasteiger partial charge in [0, 0.05) is 9.52 Å². The normalized spacial score (nSPS) is 11.5. The van der Waals surface area contributed by atoms with Gasteiger partial charge in [0.2, 0.25) is 0 Å². The van der Waals surface area contributed by atoms with Gasteiger partial charge in [0.25, 0.3) is 0 Å². The molecule has 0 atom stereocenters. The molecule has 0 saturated carbocycles. The first-order chi connectivity index (χ1) is 45.0. The quantitative estimate of drug-likeness (QED) is 0.0391. The van der Waals surface area contributed by atoms with E-state index in [1.165, 1.54) is 228 Å². The van der Waals surface area contributed by atoms with Crippen molar-refractivity contribution in [3.05, 3.63) is 278 Å². The number of fused-ring (bicyclic) bond motifs is 10. The molecule has 0 amide bonds. The summed E-state index contributed by atoms with van der Waals surface area (Å²) in [6.07, 6.45) is 15.2. The third kappa shape index (κ3) is 12.3. The zero-order valence-corrected chi connectivity index (χ0v) is 57.3. The molecule has 448 valence electrons. The SMILES string of the molecule is CCCCCCCc1cc2c(-c3c4ccccc4cc4ccccc34)ccc(-c3c4ccccc4cc4ccccc34)c2[cH-]1.CCCCCCCc1cc2c(-c3c4ccccc4cc4ccccc34)ccc(-c3c4ccccc4cc4ccccc34)c2[cH-]1.C[Si]C.[Zr+2]. The van der Waals surface area contributed by atoms with Crippen LogP contribution >= 0.6 is 0 Å². The summed E-state index contributed by atoms with van der Waals surface area (Å²) in [5, 5.41) is 26.3. The summed E-state index contributed by atoms with van der Waals surface area (Å²) in [7, 11) is 1.08. The minimum Gasteiger partial charge on any atom is -0.164 e. The maximum atomic E-state index is 2.51. The van der Waals surface area contributed by atoms with Crippen molar-refractivity contribution in [2.45, 2.75) is 104 Å². The minimum absolute atomic E-state index is 0. The van der Waals surface area contributed by atoms with Crippen LogP contribution in [-0.4, -0.2) is 9.52 Å². The van der Waals surface area contributed by atoms with Gasteiger partial charge >= 0.3 is 26.2 Å². The Kier molecular flexibility index (Phi) is 19.3. The fraction of sp³-hybridized carbons (Fsp3) is 0.178. The zero-order chi connectivity index (χ0) is 61.6. The standard InChI is InChI=1S/2C44H37.C2H6Si.Zr/c2*1-2-3-4-5-6-15-30-26-41-39(43-35-20-11-7-16-31(35)28-32-17-8-12-21-36(32)43)24-25-40(42(41)27-30)44-37-22-13-9-18-33(37)29-34-19-10-14-23-38(34)44;1-3-2;/h2*7-14,16-29H,2-6,15H2,1H3;1-2H3;/q2*-1;;+2. The Morgan fingerprint density at radius 2 is 0.467 bits per heavy atom. The van der Waals surface area contributed by atoms with E-state index in [9.17, 15) is 0 Å². The Bertz CT molecular complexity index is 4430. The van der Waals surface area contributed by atoms with E-state index < -0.39 is 0 Å². The Hall–Kier alpha value is -8.52.